The number of nitrogens with zero attached hydrogens (tertiary/aromatic N) is 4. The molecule has 2 N–H and O–H groups in total. The maximum absolute atomic E-state index is 6.24. The van der Waals surface area contributed by atoms with E-state index in [4.69, 9.17) is 14.7 Å². The number of pyridine rings is 2. The molecule has 1 aliphatic heterocycles. The minimum atomic E-state index is 0. The SMILES string of the molecule is Cl.Cl.c1ccc(Oc2cc(Sc3ccnc4ccsc34)cnc2Nc2nc(C3CCNC3)ns2)cc1. The number of hydrogen-bond acceptors (Lipinski definition) is 10. The molecule has 1 aromatic carbocycles. The molecule has 0 spiro atoms. The molecule has 0 bridgehead atoms. The fourth-order valence-corrected chi connectivity index (χ4v) is 6.28. The zero-order chi connectivity index (χ0) is 22.7. The van der Waals surface area contributed by atoms with Crippen LogP contribution in [0.1, 0.15) is 18.2 Å². The normalized spacial score (nSPS) is 14.7. The third-order valence-electron chi connectivity index (χ3n) is 5.43. The van der Waals surface area contributed by atoms with Crippen LogP contribution in [0.3, 0.4) is 0 Å². The third-order valence-corrected chi connectivity index (χ3v) is 8.16. The van der Waals surface area contributed by atoms with Gasteiger partial charge in [0.15, 0.2) is 11.6 Å². The number of aromatic nitrogens is 4. The highest BCUT2D eigenvalue weighted by molar-refractivity contribution is 7.99. The second-order valence-electron chi connectivity index (χ2n) is 7.75. The van der Waals surface area contributed by atoms with Gasteiger partial charge in [-0.1, -0.05) is 30.0 Å². The number of hydrogen-bond donors (Lipinski definition) is 2. The summed E-state index contributed by atoms with van der Waals surface area (Å²) in [7, 11) is 0. The van der Waals surface area contributed by atoms with E-state index >= 15 is 0 Å². The Balaban J connectivity index is 0.00000152. The molecule has 0 amide bonds. The van der Waals surface area contributed by atoms with Crippen molar-refractivity contribution in [2.75, 3.05) is 18.4 Å². The highest BCUT2D eigenvalue weighted by atomic mass is 35.5. The highest BCUT2D eigenvalue weighted by Crippen LogP contribution is 2.39. The van der Waals surface area contributed by atoms with E-state index in [9.17, 15) is 0 Å². The summed E-state index contributed by atoms with van der Waals surface area (Å²) >= 11 is 4.69. The molecule has 0 radical (unpaired) electrons. The Hall–Kier alpha value is -2.47. The van der Waals surface area contributed by atoms with Crippen LogP contribution < -0.4 is 15.4 Å². The fraction of sp³-hybridized carbons (Fsp3) is 0.167. The Morgan fingerprint density at radius 1 is 1.08 bits per heavy atom. The molecule has 7 nitrogen and oxygen atoms in total. The Labute approximate surface area is 233 Å². The Kier molecular flexibility index (Phi) is 9.00. The first-order chi connectivity index (χ1) is 16.8. The van der Waals surface area contributed by atoms with Gasteiger partial charge in [-0.2, -0.15) is 4.37 Å². The molecule has 0 saturated carbocycles. The van der Waals surface area contributed by atoms with Gasteiger partial charge in [0.05, 0.1) is 10.2 Å². The minimum absolute atomic E-state index is 0. The molecule has 4 aromatic heterocycles. The van der Waals surface area contributed by atoms with E-state index < -0.39 is 0 Å². The van der Waals surface area contributed by atoms with Crippen LogP contribution in [0.25, 0.3) is 10.2 Å². The number of thiophene rings is 1. The molecule has 5 heterocycles. The molecular formula is C24H22Cl2N6OS3. The summed E-state index contributed by atoms with van der Waals surface area (Å²) < 4.78 is 12.0. The van der Waals surface area contributed by atoms with Gasteiger partial charge in [-0.15, -0.1) is 36.2 Å². The lowest BCUT2D eigenvalue weighted by molar-refractivity contribution is 0.481. The molecule has 6 rings (SSSR count). The van der Waals surface area contributed by atoms with Crippen LogP contribution in [0.2, 0.25) is 0 Å². The lowest BCUT2D eigenvalue weighted by Gasteiger charge is -2.12. The number of para-hydroxylation sites is 1. The van der Waals surface area contributed by atoms with Gasteiger partial charge in [0.25, 0.3) is 0 Å². The first-order valence-corrected chi connectivity index (χ1v) is 13.3. The van der Waals surface area contributed by atoms with Gasteiger partial charge >= 0.3 is 0 Å². The molecule has 1 atom stereocenters. The Morgan fingerprint density at radius 3 is 2.81 bits per heavy atom. The van der Waals surface area contributed by atoms with Crippen molar-refractivity contribution >= 4 is 80.6 Å². The van der Waals surface area contributed by atoms with Crippen LogP contribution in [0.4, 0.5) is 10.9 Å². The van der Waals surface area contributed by atoms with Gasteiger partial charge in [0, 0.05) is 52.2 Å². The van der Waals surface area contributed by atoms with Crippen molar-refractivity contribution in [1.82, 2.24) is 24.6 Å². The molecule has 1 saturated heterocycles. The minimum Gasteiger partial charge on any atom is -0.453 e. The molecule has 36 heavy (non-hydrogen) atoms. The van der Waals surface area contributed by atoms with Crippen molar-refractivity contribution in [3.8, 4) is 11.5 Å². The van der Waals surface area contributed by atoms with E-state index in [1.807, 2.05) is 60.9 Å². The smallest absolute Gasteiger partial charge is 0.208 e. The monoisotopic (exact) mass is 576 g/mol. The average Bonchev–Trinajstić information content (AvgIpc) is 3.63. The number of benzene rings is 1. The zero-order valence-corrected chi connectivity index (χ0v) is 22.9. The second kappa shape index (κ2) is 12.2. The number of rotatable bonds is 7. The molecule has 1 fully saturated rings. The van der Waals surface area contributed by atoms with Gasteiger partial charge < -0.3 is 15.4 Å². The van der Waals surface area contributed by atoms with Crippen LogP contribution in [0.15, 0.2) is 76.1 Å². The van der Waals surface area contributed by atoms with E-state index in [2.05, 4.69) is 25.4 Å². The van der Waals surface area contributed by atoms with Gasteiger partial charge in [-0.25, -0.2) is 9.97 Å². The van der Waals surface area contributed by atoms with E-state index in [0.717, 1.165) is 46.4 Å². The molecule has 5 aromatic rings. The first-order valence-electron chi connectivity index (χ1n) is 10.9. The van der Waals surface area contributed by atoms with Crippen LogP contribution in [-0.2, 0) is 0 Å². The lowest BCUT2D eigenvalue weighted by atomic mass is 10.1. The number of halogens is 2. The van der Waals surface area contributed by atoms with Crippen molar-refractivity contribution < 1.29 is 4.74 Å². The number of nitrogens with one attached hydrogen (secondary N) is 2. The predicted molar refractivity (Wildman–Crippen MR) is 152 cm³/mol. The summed E-state index contributed by atoms with van der Waals surface area (Å²) in [6, 6.07) is 15.8. The van der Waals surface area contributed by atoms with E-state index in [-0.39, 0.29) is 24.8 Å². The molecule has 1 unspecified atom stereocenters. The average molecular weight is 578 g/mol. The van der Waals surface area contributed by atoms with Gasteiger partial charge in [0.1, 0.15) is 11.6 Å². The molecule has 186 valence electrons. The van der Waals surface area contributed by atoms with E-state index in [1.165, 1.54) is 16.2 Å². The van der Waals surface area contributed by atoms with E-state index in [1.54, 1.807) is 23.1 Å². The third kappa shape index (κ3) is 5.91. The summed E-state index contributed by atoms with van der Waals surface area (Å²) in [5, 5.41) is 9.47. The Morgan fingerprint density at radius 2 is 1.97 bits per heavy atom. The highest BCUT2D eigenvalue weighted by Gasteiger charge is 2.21. The largest absolute Gasteiger partial charge is 0.453 e. The summed E-state index contributed by atoms with van der Waals surface area (Å²) in [5.74, 6) is 3.23. The van der Waals surface area contributed by atoms with Crippen LogP contribution in [0.5, 0.6) is 11.5 Å². The number of fused-ring (bicyclic) bond motifs is 1. The fourth-order valence-electron chi connectivity index (χ4n) is 3.75. The van der Waals surface area contributed by atoms with Crippen LogP contribution in [-0.4, -0.2) is 32.4 Å². The topological polar surface area (TPSA) is 84.9 Å². The lowest BCUT2D eigenvalue weighted by Crippen LogP contribution is -2.08. The maximum Gasteiger partial charge on any atom is 0.208 e. The summed E-state index contributed by atoms with van der Waals surface area (Å²) in [5.41, 5.74) is 1.01. The van der Waals surface area contributed by atoms with Crippen molar-refractivity contribution in [1.29, 1.82) is 0 Å². The Bertz CT molecular complexity index is 1430. The maximum atomic E-state index is 6.24. The molecular weight excluding hydrogens is 555 g/mol. The summed E-state index contributed by atoms with van der Waals surface area (Å²) in [4.78, 5) is 16.0. The quantitative estimate of drug-likeness (QED) is 0.211. The van der Waals surface area contributed by atoms with Crippen molar-refractivity contribution in [2.24, 2.45) is 0 Å². The summed E-state index contributed by atoms with van der Waals surface area (Å²) in [6.45, 7) is 1.94. The first kappa shape index (κ1) is 26.6. The van der Waals surface area contributed by atoms with Crippen LogP contribution in [0, 0.1) is 0 Å². The zero-order valence-electron chi connectivity index (χ0n) is 18.8. The predicted octanol–water partition coefficient (Wildman–Crippen LogP) is 7.15. The standard InChI is InChI=1S/C24H20N6OS3.2ClH/c1-2-4-16(5-3-1)31-19-12-17(33-20-7-10-26-18-8-11-32-21(18)20)14-27-23(19)29-24-28-22(30-34-24)15-6-9-25-13-15;;/h1-5,7-8,10-12,14-15,25H,6,9,13H2,(H,27,28,29,30);2*1H. The number of anilines is 2. The van der Waals surface area contributed by atoms with Crippen molar-refractivity contribution in [3.63, 3.8) is 0 Å². The van der Waals surface area contributed by atoms with Crippen LogP contribution >= 0.6 is 59.4 Å². The molecule has 0 aliphatic carbocycles. The van der Waals surface area contributed by atoms with Gasteiger partial charge in [-0.05, 0) is 42.6 Å². The summed E-state index contributed by atoms with van der Waals surface area (Å²) in [6.07, 6.45) is 4.76. The molecule has 12 heteroatoms. The molecule has 1 aliphatic rings. The van der Waals surface area contributed by atoms with Gasteiger partial charge in [-0.3, -0.25) is 4.98 Å². The number of ether oxygens (including phenoxy) is 1. The van der Waals surface area contributed by atoms with E-state index in [0.29, 0.717) is 22.6 Å². The van der Waals surface area contributed by atoms with Gasteiger partial charge in [0.2, 0.25) is 5.13 Å². The van der Waals surface area contributed by atoms with Crippen molar-refractivity contribution in [2.45, 2.75) is 22.1 Å². The second-order valence-corrected chi connectivity index (χ2v) is 10.5. The van der Waals surface area contributed by atoms with Crippen molar-refractivity contribution in [3.05, 3.63) is 72.1 Å².